The van der Waals surface area contributed by atoms with Gasteiger partial charge in [0, 0.05) is 60.1 Å². The summed E-state index contributed by atoms with van der Waals surface area (Å²) in [6.45, 7) is 2.78. The number of hydrogen-bond acceptors (Lipinski definition) is 4. The normalized spacial score (nSPS) is 19.3. The number of piperidine rings is 1. The Morgan fingerprint density at radius 2 is 2.10 bits per heavy atom. The first-order valence-corrected chi connectivity index (χ1v) is 10.5. The summed E-state index contributed by atoms with van der Waals surface area (Å²) >= 11 is 0. The number of fused-ring (bicyclic) bond motifs is 2. The maximum absolute atomic E-state index is 13.3. The zero-order valence-corrected chi connectivity index (χ0v) is 18.0. The average molecular weight is 418 g/mol. The van der Waals surface area contributed by atoms with Gasteiger partial charge in [-0.05, 0) is 50.1 Å². The van der Waals surface area contributed by atoms with E-state index in [0.717, 1.165) is 39.7 Å². The molecule has 0 radical (unpaired) electrons. The molecule has 4 aromatic rings. The van der Waals surface area contributed by atoms with Gasteiger partial charge in [-0.15, -0.1) is 0 Å². The van der Waals surface area contributed by atoms with Crippen LogP contribution in [0.3, 0.4) is 0 Å². The van der Waals surface area contributed by atoms with E-state index in [-0.39, 0.29) is 5.91 Å². The number of nitrogens with zero attached hydrogens (tertiary/aromatic N) is 3. The van der Waals surface area contributed by atoms with Crippen molar-refractivity contribution in [2.45, 2.75) is 25.4 Å². The first-order valence-electron chi connectivity index (χ1n) is 10.5. The molecule has 1 saturated heterocycles. The number of aromatic amines is 1. The molecule has 1 atom stereocenters. The van der Waals surface area contributed by atoms with E-state index < -0.39 is 5.60 Å². The second-order valence-electron chi connectivity index (χ2n) is 8.67. The molecule has 0 spiro atoms. The Balaban J connectivity index is 1.59. The molecular weight excluding hydrogens is 392 g/mol. The highest BCUT2D eigenvalue weighted by Crippen LogP contribution is 2.34. The number of rotatable bonds is 3. The zero-order chi connectivity index (χ0) is 21.8. The molecule has 0 bridgehead atoms. The molecule has 1 aliphatic rings. The third-order valence-electron chi connectivity index (χ3n) is 6.21. The molecule has 2 N–H and O–H groups in total. The Bertz CT molecular complexity index is 1300. The number of ether oxygens (including phenoxy) is 1. The number of pyridine rings is 1. The standard InChI is InChI=1S/C24H26N4O3/c1-24(30)8-4-10-28(14-24)23(29)16-7-9-25-22-18(16)12-20(26-22)19-13-27(2)21-6-5-15(31-3)11-17(19)21/h5-7,9,11-13,30H,4,8,10,14H2,1-3H3,(H,25,26). The summed E-state index contributed by atoms with van der Waals surface area (Å²) in [5.41, 5.74) is 3.44. The molecule has 0 aliphatic carbocycles. The van der Waals surface area contributed by atoms with Crippen molar-refractivity contribution in [2.75, 3.05) is 20.2 Å². The van der Waals surface area contributed by atoms with Crippen LogP contribution < -0.4 is 4.74 Å². The van der Waals surface area contributed by atoms with E-state index in [4.69, 9.17) is 4.74 Å². The lowest BCUT2D eigenvalue weighted by Gasteiger charge is -2.36. The Labute approximate surface area is 180 Å². The number of amides is 1. The van der Waals surface area contributed by atoms with E-state index in [0.29, 0.717) is 30.7 Å². The first kappa shape index (κ1) is 19.6. The number of aliphatic hydroxyl groups is 1. The van der Waals surface area contributed by atoms with Crippen LogP contribution in [-0.2, 0) is 7.05 Å². The zero-order valence-electron chi connectivity index (χ0n) is 18.0. The summed E-state index contributed by atoms with van der Waals surface area (Å²) in [4.78, 5) is 22.9. The molecule has 0 saturated carbocycles. The van der Waals surface area contributed by atoms with Gasteiger partial charge >= 0.3 is 0 Å². The average Bonchev–Trinajstić information content (AvgIpc) is 3.33. The van der Waals surface area contributed by atoms with Crippen LogP contribution in [-0.4, -0.2) is 56.2 Å². The van der Waals surface area contributed by atoms with Gasteiger partial charge in [-0.2, -0.15) is 0 Å². The van der Waals surface area contributed by atoms with E-state index in [2.05, 4.69) is 20.7 Å². The third-order valence-corrected chi connectivity index (χ3v) is 6.21. The molecule has 4 heterocycles. The maximum atomic E-state index is 13.3. The van der Waals surface area contributed by atoms with Crippen LogP contribution >= 0.6 is 0 Å². The van der Waals surface area contributed by atoms with Crippen molar-refractivity contribution >= 4 is 27.8 Å². The number of aromatic nitrogens is 3. The van der Waals surface area contributed by atoms with Crippen molar-refractivity contribution in [1.29, 1.82) is 0 Å². The molecule has 31 heavy (non-hydrogen) atoms. The Kier molecular flexibility index (Phi) is 4.51. The number of likely N-dealkylation sites (tertiary alicyclic amines) is 1. The lowest BCUT2D eigenvalue weighted by molar-refractivity contribution is -0.0106. The highest BCUT2D eigenvalue weighted by molar-refractivity contribution is 6.07. The lowest BCUT2D eigenvalue weighted by atomic mass is 9.94. The van der Waals surface area contributed by atoms with E-state index in [1.807, 2.05) is 31.3 Å². The number of hydrogen-bond donors (Lipinski definition) is 2. The maximum Gasteiger partial charge on any atom is 0.254 e. The van der Waals surface area contributed by atoms with Gasteiger partial charge in [-0.3, -0.25) is 4.79 Å². The largest absolute Gasteiger partial charge is 0.497 e. The minimum Gasteiger partial charge on any atom is -0.497 e. The van der Waals surface area contributed by atoms with Crippen molar-refractivity contribution in [3.63, 3.8) is 0 Å². The Morgan fingerprint density at radius 1 is 1.26 bits per heavy atom. The number of carbonyl (C=O) groups is 1. The fraction of sp³-hybridized carbons (Fsp3) is 0.333. The highest BCUT2D eigenvalue weighted by atomic mass is 16.5. The summed E-state index contributed by atoms with van der Waals surface area (Å²) in [7, 11) is 3.67. The lowest BCUT2D eigenvalue weighted by Crippen LogP contribution is -2.48. The molecule has 3 aromatic heterocycles. The molecule has 7 heteroatoms. The fourth-order valence-electron chi connectivity index (χ4n) is 4.64. The fourth-order valence-corrected chi connectivity index (χ4v) is 4.64. The summed E-state index contributed by atoms with van der Waals surface area (Å²) in [5.74, 6) is 0.722. The third kappa shape index (κ3) is 3.35. The number of H-pyrrole nitrogens is 1. The number of methoxy groups -OCH3 is 1. The molecule has 7 nitrogen and oxygen atoms in total. The predicted octanol–water partition coefficient (Wildman–Crippen LogP) is 3.72. The van der Waals surface area contributed by atoms with Crippen LogP contribution in [0.25, 0.3) is 33.2 Å². The van der Waals surface area contributed by atoms with Gasteiger partial charge in [0.15, 0.2) is 0 Å². The van der Waals surface area contributed by atoms with Crippen molar-refractivity contribution in [2.24, 2.45) is 7.05 Å². The van der Waals surface area contributed by atoms with E-state index in [9.17, 15) is 9.90 Å². The summed E-state index contributed by atoms with van der Waals surface area (Å²) in [6.07, 6.45) is 5.23. The van der Waals surface area contributed by atoms with Crippen molar-refractivity contribution in [3.8, 4) is 17.0 Å². The van der Waals surface area contributed by atoms with Crippen LogP contribution in [0.15, 0.2) is 42.7 Å². The second kappa shape index (κ2) is 7.13. The molecular formula is C24H26N4O3. The van der Waals surface area contributed by atoms with Gasteiger partial charge in [0.1, 0.15) is 11.4 Å². The molecule has 5 rings (SSSR count). The van der Waals surface area contributed by atoms with Crippen molar-refractivity contribution < 1.29 is 14.6 Å². The minimum absolute atomic E-state index is 0.0717. The molecule has 1 aromatic carbocycles. The smallest absolute Gasteiger partial charge is 0.254 e. The predicted molar refractivity (Wildman–Crippen MR) is 120 cm³/mol. The van der Waals surface area contributed by atoms with Crippen LogP contribution in [0.1, 0.15) is 30.1 Å². The monoisotopic (exact) mass is 418 g/mol. The summed E-state index contributed by atoms with van der Waals surface area (Å²) in [6, 6.07) is 9.76. The van der Waals surface area contributed by atoms with Crippen LogP contribution in [0.5, 0.6) is 5.75 Å². The van der Waals surface area contributed by atoms with Crippen molar-refractivity contribution in [1.82, 2.24) is 19.4 Å². The van der Waals surface area contributed by atoms with Gasteiger partial charge in [-0.1, -0.05) is 0 Å². The van der Waals surface area contributed by atoms with Crippen molar-refractivity contribution in [3.05, 3.63) is 48.3 Å². The topological polar surface area (TPSA) is 83.4 Å². The summed E-state index contributed by atoms with van der Waals surface area (Å²) in [5, 5.41) is 12.3. The Morgan fingerprint density at radius 3 is 2.87 bits per heavy atom. The van der Waals surface area contributed by atoms with Crippen LogP contribution in [0.4, 0.5) is 0 Å². The first-order chi connectivity index (χ1) is 14.9. The van der Waals surface area contributed by atoms with Gasteiger partial charge < -0.3 is 24.3 Å². The van der Waals surface area contributed by atoms with E-state index in [1.165, 1.54) is 0 Å². The molecule has 1 unspecified atom stereocenters. The molecule has 160 valence electrons. The molecule has 1 amide bonds. The van der Waals surface area contributed by atoms with Gasteiger partial charge in [0.05, 0.1) is 18.3 Å². The number of carbonyl (C=O) groups excluding carboxylic acids is 1. The van der Waals surface area contributed by atoms with Gasteiger partial charge in [0.25, 0.3) is 5.91 Å². The highest BCUT2D eigenvalue weighted by Gasteiger charge is 2.32. The Hall–Kier alpha value is -3.32. The molecule has 1 fully saturated rings. The number of benzene rings is 1. The summed E-state index contributed by atoms with van der Waals surface area (Å²) < 4.78 is 7.49. The van der Waals surface area contributed by atoms with Crippen LogP contribution in [0, 0.1) is 0 Å². The SMILES string of the molecule is COc1ccc2c(c1)c(-c1cc3c(C(=O)N4CCCC(C)(O)C4)ccnc3[nH]1)cn2C. The van der Waals surface area contributed by atoms with Gasteiger partial charge in [-0.25, -0.2) is 4.98 Å². The molecule has 1 aliphatic heterocycles. The van der Waals surface area contributed by atoms with Gasteiger partial charge in [0.2, 0.25) is 0 Å². The quantitative estimate of drug-likeness (QED) is 0.531. The number of β-amino-alcohol motifs (C(OH)–C–C–N with tert-alkyl or cyclic N) is 1. The van der Waals surface area contributed by atoms with E-state index >= 15 is 0 Å². The second-order valence-corrected chi connectivity index (χ2v) is 8.67. The van der Waals surface area contributed by atoms with Crippen LogP contribution in [0.2, 0.25) is 0 Å². The number of nitrogens with one attached hydrogen (secondary N) is 1. The van der Waals surface area contributed by atoms with E-state index in [1.54, 1.807) is 31.2 Å². The number of aryl methyl sites for hydroxylation is 1. The minimum atomic E-state index is -0.842.